The molecule has 1 aliphatic carbocycles. The van der Waals surface area contributed by atoms with E-state index in [1.165, 1.54) is 39.0 Å². The van der Waals surface area contributed by atoms with Gasteiger partial charge >= 0.3 is 5.97 Å². The molecule has 1 fully saturated rings. The lowest BCUT2D eigenvalue weighted by molar-refractivity contribution is -0.141. The highest BCUT2D eigenvalue weighted by molar-refractivity contribution is 6.32. The van der Waals surface area contributed by atoms with Gasteiger partial charge in [0.25, 0.3) is 5.56 Å². The Bertz CT molecular complexity index is 567. The van der Waals surface area contributed by atoms with Crippen LogP contribution < -0.4 is 10.9 Å². The van der Waals surface area contributed by atoms with Gasteiger partial charge in [0, 0.05) is 6.04 Å². The van der Waals surface area contributed by atoms with Gasteiger partial charge in [0.2, 0.25) is 0 Å². The average molecular weight is 314 g/mol. The Labute approximate surface area is 128 Å². The molecule has 1 atom stereocenters. The van der Waals surface area contributed by atoms with Gasteiger partial charge in [-0.2, -0.15) is 5.10 Å². The van der Waals surface area contributed by atoms with Crippen molar-refractivity contribution in [3.05, 3.63) is 21.6 Å². The van der Waals surface area contributed by atoms with Crippen LogP contribution in [0.3, 0.4) is 0 Å². The molecule has 1 aliphatic rings. The summed E-state index contributed by atoms with van der Waals surface area (Å²) >= 11 is 6.09. The number of hydrogen-bond acceptors (Lipinski definition) is 5. The zero-order valence-corrected chi connectivity index (χ0v) is 13.0. The number of nitrogens with one attached hydrogen (secondary N) is 1. The number of esters is 1. The van der Waals surface area contributed by atoms with Crippen molar-refractivity contribution >= 4 is 23.3 Å². The normalized spacial score (nSPS) is 16.7. The van der Waals surface area contributed by atoms with E-state index < -0.39 is 11.5 Å². The van der Waals surface area contributed by atoms with E-state index >= 15 is 0 Å². The molecular weight excluding hydrogens is 294 g/mol. The molecule has 6 nitrogen and oxygen atoms in total. The Balaban J connectivity index is 2.12. The summed E-state index contributed by atoms with van der Waals surface area (Å²) in [7, 11) is 1.26. The minimum absolute atomic E-state index is 0.0544. The Hall–Kier alpha value is -1.56. The first kappa shape index (κ1) is 15.8. The standard InChI is InChI=1S/C14H20ClN3O3/c1-9(10-5-3-4-6-10)17-11-7-16-18(8-12(19)21-2)14(20)13(11)15/h7,9-10,17H,3-6,8H2,1-2H3. The van der Waals surface area contributed by atoms with Crippen molar-refractivity contribution in [1.82, 2.24) is 9.78 Å². The first-order valence-corrected chi connectivity index (χ1v) is 7.49. The van der Waals surface area contributed by atoms with Gasteiger partial charge in [0.15, 0.2) is 0 Å². The van der Waals surface area contributed by atoms with Crippen molar-refractivity contribution in [2.45, 2.75) is 45.2 Å². The zero-order valence-electron chi connectivity index (χ0n) is 12.3. The lowest BCUT2D eigenvalue weighted by Crippen LogP contribution is -2.30. The molecule has 0 radical (unpaired) electrons. The molecule has 1 N–H and O–H groups in total. The summed E-state index contributed by atoms with van der Waals surface area (Å²) in [6.45, 7) is 1.85. The monoisotopic (exact) mass is 313 g/mol. The number of hydrogen-bond donors (Lipinski definition) is 1. The van der Waals surface area contributed by atoms with E-state index in [1.54, 1.807) is 0 Å². The minimum Gasteiger partial charge on any atom is -0.468 e. The second-order valence-electron chi connectivity index (χ2n) is 5.39. The van der Waals surface area contributed by atoms with Crippen LogP contribution in [0, 0.1) is 5.92 Å². The summed E-state index contributed by atoms with van der Waals surface area (Å²) < 4.78 is 5.51. The van der Waals surface area contributed by atoms with Crippen LogP contribution in [0.4, 0.5) is 5.69 Å². The van der Waals surface area contributed by atoms with Gasteiger partial charge in [-0.25, -0.2) is 4.68 Å². The summed E-state index contributed by atoms with van der Waals surface area (Å²) in [6.07, 6.45) is 6.38. The first-order chi connectivity index (χ1) is 10.0. The van der Waals surface area contributed by atoms with Crippen molar-refractivity contribution in [3.63, 3.8) is 0 Å². The third-order valence-corrected chi connectivity index (χ3v) is 4.35. The molecule has 1 aromatic rings. The van der Waals surface area contributed by atoms with Gasteiger partial charge in [-0.05, 0) is 25.7 Å². The van der Waals surface area contributed by atoms with Crippen molar-refractivity contribution in [2.75, 3.05) is 12.4 Å². The molecule has 2 rings (SSSR count). The molecule has 0 saturated heterocycles. The zero-order chi connectivity index (χ0) is 15.4. The van der Waals surface area contributed by atoms with Gasteiger partial charge in [-0.3, -0.25) is 9.59 Å². The summed E-state index contributed by atoms with van der Waals surface area (Å²) in [5.74, 6) is 0.0549. The smallest absolute Gasteiger partial charge is 0.327 e. The number of aromatic nitrogens is 2. The largest absolute Gasteiger partial charge is 0.468 e. The van der Waals surface area contributed by atoms with Gasteiger partial charge in [0.05, 0.1) is 19.0 Å². The van der Waals surface area contributed by atoms with E-state index in [2.05, 4.69) is 22.1 Å². The van der Waals surface area contributed by atoms with Gasteiger partial charge < -0.3 is 10.1 Å². The number of anilines is 1. The molecule has 1 heterocycles. The quantitative estimate of drug-likeness (QED) is 0.842. The van der Waals surface area contributed by atoms with Crippen molar-refractivity contribution in [3.8, 4) is 0 Å². The highest BCUT2D eigenvalue weighted by Crippen LogP contribution is 2.29. The number of carbonyl (C=O) groups is 1. The van der Waals surface area contributed by atoms with E-state index in [-0.39, 0.29) is 17.6 Å². The minimum atomic E-state index is -0.541. The molecule has 116 valence electrons. The Morgan fingerprint density at radius 3 is 2.86 bits per heavy atom. The van der Waals surface area contributed by atoms with E-state index in [0.29, 0.717) is 11.6 Å². The molecule has 7 heteroatoms. The lowest BCUT2D eigenvalue weighted by Gasteiger charge is -2.22. The third kappa shape index (κ3) is 3.75. The number of methoxy groups -OCH3 is 1. The molecule has 0 spiro atoms. The van der Waals surface area contributed by atoms with Crippen LogP contribution in [0.25, 0.3) is 0 Å². The fourth-order valence-electron chi connectivity index (χ4n) is 2.69. The van der Waals surface area contributed by atoms with Crippen LogP contribution >= 0.6 is 11.6 Å². The van der Waals surface area contributed by atoms with Crippen molar-refractivity contribution in [1.29, 1.82) is 0 Å². The molecule has 1 unspecified atom stereocenters. The molecule has 21 heavy (non-hydrogen) atoms. The fourth-order valence-corrected chi connectivity index (χ4v) is 2.89. The van der Waals surface area contributed by atoms with Crippen LogP contribution in [0.2, 0.25) is 5.02 Å². The summed E-state index contributed by atoms with van der Waals surface area (Å²) in [6, 6.07) is 0.239. The van der Waals surface area contributed by atoms with Crippen LogP contribution in [0.15, 0.2) is 11.0 Å². The Morgan fingerprint density at radius 1 is 1.57 bits per heavy atom. The maximum absolute atomic E-state index is 12.1. The van der Waals surface area contributed by atoms with Crippen LogP contribution in [-0.2, 0) is 16.1 Å². The molecule has 0 amide bonds. The molecule has 0 aliphatic heterocycles. The predicted octanol–water partition coefficient (Wildman–Crippen LogP) is 2.06. The van der Waals surface area contributed by atoms with Gasteiger partial charge in [-0.1, -0.05) is 24.4 Å². The highest BCUT2D eigenvalue weighted by Gasteiger charge is 2.22. The molecule has 0 bridgehead atoms. The highest BCUT2D eigenvalue weighted by atomic mass is 35.5. The summed E-state index contributed by atoms with van der Waals surface area (Å²) in [5.41, 5.74) is 0.0212. The maximum atomic E-state index is 12.1. The Morgan fingerprint density at radius 2 is 2.24 bits per heavy atom. The molecule has 0 aromatic carbocycles. The second kappa shape index (κ2) is 6.93. The number of rotatable bonds is 5. The number of carbonyl (C=O) groups excluding carboxylic acids is 1. The fraction of sp³-hybridized carbons (Fsp3) is 0.643. The number of ether oxygens (including phenoxy) is 1. The molecule has 1 aromatic heterocycles. The van der Waals surface area contributed by atoms with Gasteiger partial charge in [-0.15, -0.1) is 0 Å². The molecular formula is C14H20ClN3O3. The predicted molar refractivity (Wildman–Crippen MR) is 80.6 cm³/mol. The van der Waals surface area contributed by atoms with E-state index in [4.69, 9.17) is 11.6 Å². The molecule has 1 saturated carbocycles. The van der Waals surface area contributed by atoms with Crippen LogP contribution in [-0.4, -0.2) is 28.9 Å². The van der Waals surface area contributed by atoms with Gasteiger partial charge in [0.1, 0.15) is 11.6 Å². The number of halogens is 1. The van der Waals surface area contributed by atoms with E-state index in [1.807, 2.05) is 0 Å². The maximum Gasteiger partial charge on any atom is 0.327 e. The second-order valence-corrected chi connectivity index (χ2v) is 5.77. The van der Waals surface area contributed by atoms with Crippen LogP contribution in [0.1, 0.15) is 32.6 Å². The third-order valence-electron chi connectivity index (χ3n) is 3.98. The van der Waals surface area contributed by atoms with E-state index in [9.17, 15) is 9.59 Å². The van der Waals surface area contributed by atoms with Crippen LogP contribution in [0.5, 0.6) is 0 Å². The Kier molecular flexibility index (Phi) is 5.22. The average Bonchev–Trinajstić information content (AvgIpc) is 3.01. The lowest BCUT2D eigenvalue weighted by atomic mass is 10.00. The van der Waals surface area contributed by atoms with Crippen molar-refractivity contribution in [2.24, 2.45) is 5.92 Å². The summed E-state index contributed by atoms with van der Waals surface area (Å²) in [5, 5.41) is 7.28. The van der Waals surface area contributed by atoms with Crippen molar-refractivity contribution < 1.29 is 9.53 Å². The topological polar surface area (TPSA) is 73.2 Å². The van der Waals surface area contributed by atoms with E-state index in [0.717, 1.165) is 4.68 Å². The SMILES string of the molecule is COC(=O)Cn1ncc(NC(C)C2CCCC2)c(Cl)c1=O. The first-order valence-electron chi connectivity index (χ1n) is 7.12. The number of nitrogens with zero attached hydrogens (tertiary/aromatic N) is 2. The summed E-state index contributed by atoms with van der Waals surface area (Å²) in [4.78, 5) is 23.3.